The SMILES string of the molecule is CCC(Sc1nnc(-c2ccccc2NC(C)=O)c(=O)[nH]1)C(=O)Nc1ccc(OC)c(OC)c1. The molecule has 0 aliphatic heterocycles. The van der Waals surface area contributed by atoms with E-state index < -0.39 is 10.8 Å². The number of hydrogen-bond acceptors (Lipinski definition) is 8. The van der Waals surface area contributed by atoms with Crippen molar-refractivity contribution in [2.45, 2.75) is 30.7 Å². The lowest BCUT2D eigenvalue weighted by Crippen LogP contribution is -2.25. The molecule has 2 aromatic carbocycles. The van der Waals surface area contributed by atoms with Gasteiger partial charge in [-0.25, -0.2) is 0 Å². The molecule has 178 valence electrons. The third-order valence-electron chi connectivity index (χ3n) is 4.74. The number of aromatic nitrogens is 3. The molecule has 0 bridgehead atoms. The molecular weight excluding hydrogens is 458 g/mol. The molecule has 1 heterocycles. The number of thioether (sulfide) groups is 1. The van der Waals surface area contributed by atoms with Gasteiger partial charge in [0, 0.05) is 24.2 Å². The number of rotatable bonds is 9. The molecule has 3 N–H and O–H groups in total. The zero-order valence-electron chi connectivity index (χ0n) is 19.2. The minimum Gasteiger partial charge on any atom is -0.493 e. The third kappa shape index (κ3) is 5.93. The molecular formula is C23H25N5O5S. The first-order valence-electron chi connectivity index (χ1n) is 10.4. The van der Waals surface area contributed by atoms with E-state index in [9.17, 15) is 14.4 Å². The highest BCUT2D eigenvalue weighted by atomic mass is 32.2. The van der Waals surface area contributed by atoms with Gasteiger partial charge in [-0.1, -0.05) is 36.9 Å². The second-order valence-electron chi connectivity index (χ2n) is 7.11. The fraction of sp³-hybridized carbons (Fsp3) is 0.261. The summed E-state index contributed by atoms with van der Waals surface area (Å²) < 4.78 is 10.5. The number of amides is 2. The van der Waals surface area contributed by atoms with Crippen molar-refractivity contribution in [1.29, 1.82) is 0 Å². The Balaban J connectivity index is 1.77. The smallest absolute Gasteiger partial charge is 0.278 e. The number of para-hydroxylation sites is 1. The minimum absolute atomic E-state index is 0.0662. The highest BCUT2D eigenvalue weighted by Crippen LogP contribution is 2.31. The van der Waals surface area contributed by atoms with Gasteiger partial charge >= 0.3 is 0 Å². The lowest BCUT2D eigenvalue weighted by molar-refractivity contribution is -0.116. The van der Waals surface area contributed by atoms with Crippen LogP contribution in [-0.4, -0.2) is 46.5 Å². The summed E-state index contributed by atoms with van der Waals surface area (Å²) in [5, 5.41) is 13.3. The molecule has 34 heavy (non-hydrogen) atoms. The Kier molecular flexibility index (Phi) is 8.25. The third-order valence-corrected chi connectivity index (χ3v) is 5.98. The van der Waals surface area contributed by atoms with Crippen LogP contribution in [0.15, 0.2) is 52.4 Å². The van der Waals surface area contributed by atoms with E-state index in [1.54, 1.807) is 42.5 Å². The Morgan fingerprint density at radius 3 is 2.44 bits per heavy atom. The topological polar surface area (TPSA) is 135 Å². The average molecular weight is 484 g/mol. The zero-order valence-corrected chi connectivity index (χ0v) is 20.0. The van der Waals surface area contributed by atoms with Crippen LogP contribution in [0.25, 0.3) is 11.3 Å². The molecule has 0 aliphatic carbocycles. The molecule has 3 rings (SSSR count). The molecule has 11 heteroatoms. The number of benzene rings is 2. The minimum atomic E-state index is -0.532. The number of ether oxygens (including phenoxy) is 2. The van der Waals surface area contributed by atoms with Gasteiger partial charge in [-0.05, 0) is 24.6 Å². The number of hydrogen-bond donors (Lipinski definition) is 3. The molecule has 1 unspecified atom stereocenters. The van der Waals surface area contributed by atoms with Gasteiger partial charge in [-0.2, -0.15) is 0 Å². The fourth-order valence-corrected chi connectivity index (χ4v) is 3.98. The quantitative estimate of drug-likeness (QED) is 0.395. The Labute approximate surface area is 200 Å². The van der Waals surface area contributed by atoms with Gasteiger partial charge in [0.15, 0.2) is 22.3 Å². The fourth-order valence-electron chi connectivity index (χ4n) is 3.13. The molecule has 0 fully saturated rings. The predicted molar refractivity (Wildman–Crippen MR) is 131 cm³/mol. The Morgan fingerprint density at radius 2 is 1.79 bits per heavy atom. The maximum absolute atomic E-state index is 12.8. The second-order valence-corrected chi connectivity index (χ2v) is 8.30. The second kappa shape index (κ2) is 11.3. The van der Waals surface area contributed by atoms with E-state index in [0.717, 1.165) is 11.8 Å². The average Bonchev–Trinajstić information content (AvgIpc) is 2.82. The summed E-state index contributed by atoms with van der Waals surface area (Å²) in [5.74, 6) is 0.513. The Hall–Kier alpha value is -3.86. The summed E-state index contributed by atoms with van der Waals surface area (Å²) in [7, 11) is 3.05. The highest BCUT2D eigenvalue weighted by molar-refractivity contribution is 8.00. The number of H-pyrrole nitrogens is 1. The van der Waals surface area contributed by atoms with E-state index in [2.05, 4.69) is 25.8 Å². The predicted octanol–water partition coefficient (Wildman–Crippen LogP) is 3.32. The van der Waals surface area contributed by atoms with Gasteiger partial charge in [0.05, 0.1) is 25.2 Å². The van der Waals surface area contributed by atoms with Crippen molar-refractivity contribution in [2.24, 2.45) is 0 Å². The maximum atomic E-state index is 12.8. The van der Waals surface area contributed by atoms with Crippen molar-refractivity contribution in [1.82, 2.24) is 15.2 Å². The van der Waals surface area contributed by atoms with Crippen molar-refractivity contribution in [3.05, 3.63) is 52.8 Å². The largest absolute Gasteiger partial charge is 0.493 e. The number of methoxy groups -OCH3 is 2. The van der Waals surface area contributed by atoms with Crippen molar-refractivity contribution < 1.29 is 19.1 Å². The molecule has 2 amide bonds. The van der Waals surface area contributed by atoms with Gasteiger partial charge in [-0.15, -0.1) is 10.2 Å². The van der Waals surface area contributed by atoms with E-state index in [0.29, 0.717) is 34.9 Å². The summed E-state index contributed by atoms with van der Waals surface area (Å²) in [6.07, 6.45) is 0.487. The van der Waals surface area contributed by atoms with Gasteiger partial charge in [-0.3, -0.25) is 19.4 Å². The molecule has 0 aliphatic rings. The molecule has 1 aromatic heterocycles. The van der Waals surface area contributed by atoms with Gasteiger partial charge < -0.3 is 20.1 Å². The molecule has 1 atom stereocenters. The summed E-state index contributed by atoms with van der Waals surface area (Å²) in [6.45, 7) is 3.24. The summed E-state index contributed by atoms with van der Waals surface area (Å²) in [6, 6.07) is 11.9. The molecule has 0 radical (unpaired) electrons. The Bertz CT molecular complexity index is 1250. The van der Waals surface area contributed by atoms with Gasteiger partial charge in [0.1, 0.15) is 0 Å². The van der Waals surface area contributed by atoms with E-state index in [4.69, 9.17) is 9.47 Å². The number of aromatic amines is 1. The van der Waals surface area contributed by atoms with E-state index >= 15 is 0 Å². The first-order chi connectivity index (χ1) is 16.4. The molecule has 0 spiro atoms. The van der Waals surface area contributed by atoms with Crippen molar-refractivity contribution in [3.8, 4) is 22.8 Å². The monoisotopic (exact) mass is 483 g/mol. The molecule has 10 nitrogen and oxygen atoms in total. The van der Waals surface area contributed by atoms with Crippen molar-refractivity contribution in [2.75, 3.05) is 24.9 Å². The van der Waals surface area contributed by atoms with E-state index in [1.807, 2.05) is 6.92 Å². The number of nitrogens with one attached hydrogen (secondary N) is 3. The normalized spacial score (nSPS) is 11.4. The van der Waals surface area contributed by atoms with Gasteiger partial charge in [0.25, 0.3) is 5.56 Å². The highest BCUT2D eigenvalue weighted by Gasteiger charge is 2.21. The van der Waals surface area contributed by atoms with Crippen LogP contribution in [0.5, 0.6) is 11.5 Å². The van der Waals surface area contributed by atoms with E-state index in [1.165, 1.54) is 21.1 Å². The number of carbonyl (C=O) groups is 2. The van der Waals surface area contributed by atoms with Crippen LogP contribution in [0, 0.1) is 0 Å². The van der Waals surface area contributed by atoms with Crippen LogP contribution < -0.4 is 25.7 Å². The molecule has 0 saturated carbocycles. The zero-order chi connectivity index (χ0) is 24.7. The van der Waals surface area contributed by atoms with Crippen LogP contribution in [0.4, 0.5) is 11.4 Å². The van der Waals surface area contributed by atoms with Crippen LogP contribution in [0.1, 0.15) is 20.3 Å². The molecule has 0 saturated heterocycles. The lowest BCUT2D eigenvalue weighted by atomic mass is 10.1. The standard InChI is InChI=1S/C23H25N5O5S/c1-5-19(21(30)25-14-10-11-17(32-3)18(12-14)33-4)34-23-26-22(31)20(27-28-23)15-8-6-7-9-16(15)24-13(2)29/h6-12,19H,5H2,1-4H3,(H,24,29)(H,25,30)(H,26,28,31). The number of anilines is 2. The summed E-state index contributed by atoms with van der Waals surface area (Å²) >= 11 is 1.10. The number of nitrogens with zero attached hydrogens (tertiary/aromatic N) is 2. The van der Waals surface area contributed by atoms with Crippen molar-refractivity contribution in [3.63, 3.8) is 0 Å². The van der Waals surface area contributed by atoms with E-state index in [-0.39, 0.29) is 22.7 Å². The first kappa shape index (κ1) is 24.8. The lowest BCUT2D eigenvalue weighted by Gasteiger charge is -2.15. The van der Waals surface area contributed by atoms with Crippen LogP contribution >= 0.6 is 11.8 Å². The number of carbonyl (C=O) groups excluding carboxylic acids is 2. The van der Waals surface area contributed by atoms with Crippen molar-refractivity contribution >= 4 is 35.0 Å². The Morgan fingerprint density at radius 1 is 1.06 bits per heavy atom. The van der Waals surface area contributed by atoms with Crippen LogP contribution in [0.3, 0.4) is 0 Å². The van der Waals surface area contributed by atoms with Crippen LogP contribution in [-0.2, 0) is 9.59 Å². The summed E-state index contributed by atoms with van der Waals surface area (Å²) in [5.41, 5.74) is 1.03. The summed E-state index contributed by atoms with van der Waals surface area (Å²) in [4.78, 5) is 39.7. The first-order valence-corrected chi connectivity index (χ1v) is 11.3. The maximum Gasteiger partial charge on any atom is 0.278 e. The van der Waals surface area contributed by atoms with Crippen LogP contribution in [0.2, 0.25) is 0 Å². The molecule has 3 aromatic rings. The van der Waals surface area contributed by atoms with Gasteiger partial charge in [0.2, 0.25) is 11.8 Å².